The Morgan fingerprint density at radius 1 is 0.939 bits per heavy atom. The normalized spacial score (nSPS) is 10.5. The van der Waals surface area contributed by atoms with E-state index in [1.165, 1.54) is 7.11 Å². The van der Waals surface area contributed by atoms with Gasteiger partial charge in [0.05, 0.1) is 19.9 Å². The monoisotopic (exact) mass is 445 g/mol. The number of carbonyl (C=O) groups is 1. The van der Waals surface area contributed by atoms with Gasteiger partial charge in [0.1, 0.15) is 17.2 Å². The summed E-state index contributed by atoms with van der Waals surface area (Å²) in [5.41, 5.74) is 3.24. The van der Waals surface area contributed by atoms with Crippen LogP contribution in [0.1, 0.15) is 5.56 Å². The molecule has 0 unspecified atom stereocenters. The number of anilines is 1. The fourth-order valence-corrected chi connectivity index (χ4v) is 3.12. The van der Waals surface area contributed by atoms with Gasteiger partial charge in [0.25, 0.3) is 11.8 Å². The second-order valence-corrected chi connectivity index (χ2v) is 7.22. The van der Waals surface area contributed by atoms with Gasteiger partial charge < -0.3 is 24.1 Å². The molecule has 33 heavy (non-hydrogen) atoms. The first kappa shape index (κ1) is 21.9. The molecule has 0 bridgehead atoms. The van der Waals surface area contributed by atoms with Crippen LogP contribution < -0.4 is 19.5 Å². The molecule has 0 aliphatic carbocycles. The van der Waals surface area contributed by atoms with Gasteiger partial charge in [-0.15, -0.1) is 0 Å². The lowest BCUT2D eigenvalue weighted by Crippen LogP contribution is -2.20. The van der Waals surface area contributed by atoms with Crippen molar-refractivity contribution in [2.45, 2.75) is 6.92 Å². The van der Waals surface area contributed by atoms with E-state index in [1.54, 1.807) is 43.5 Å². The molecule has 1 N–H and O–H groups in total. The van der Waals surface area contributed by atoms with Crippen molar-refractivity contribution in [3.8, 4) is 40.1 Å². The highest BCUT2D eigenvalue weighted by molar-refractivity contribution is 5.93. The summed E-state index contributed by atoms with van der Waals surface area (Å²) in [6.45, 7) is 1.84. The van der Waals surface area contributed by atoms with Gasteiger partial charge >= 0.3 is 0 Å². The molecule has 0 atom stereocenters. The molecule has 0 radical (unpaired) electrons. The Labute approximate surface area is 191 Å². The molecule has 168 valence electrons. The van der Waals surface area contributed by atoms with E-state index >= 15 is 0 Å². The van der Waals surface area contributed by atoms with Gasteiger partial charge in [-0.2, -0.15) is 4.98 Å². The summed E-state index contributed by atoms with van der Waals surface area (Å²) in [5.74, 6) is 2.16. The standard InChI is InChI=1S/C25H23N3O5/c1-16-7-9-17(10-8-16)24-27-25(33-28-24)18-5-4-6-20(13-18)32-15-23(29)26-21-12-11-19(30-2)14-22(21)31-3/h4-14H,15H2,1-3H3,(H,26,29). The van der Waals surface area contributed by atoms with Crippen LogP contribution in [0.2, 0.25) is 0 Å². The van der Waals surface area contributed by atoms with Crippen molar-refractivity contribution < 1.29 is 23.5 Å². The van der Waals surface area contributed by atoms with Gasteiger partial charge in [-0.25, -0.2) is 0 Å². The SMILES string of the molecule is COc1ccc(NC(=O)COc2cccc(-c3nc(-c4ccc(C)cc4)no3)c2)c(OC)c1. The van der Waals surface area contributed by atoms with Crippen LogP contribution in [0.4, 0.5) is 5.69 Å². The summed E-state index contributed by atoms with van der Waals surface area (Å²) in [7, 11) is 3.08. The van der Waals surface area contributed by atoms with Crippen molar-refractivity contribution in [3.05, 3.63) is 72.3 Å². The van der Waals surface area contributed by atoms with Crippen LogP contribution in [0.3, 0.4) is 0 Å². The Morgan fingerprint density at radius 3 is 2.52 bits per heavy atom. The third-order valence-electron chi connectivity index (χ3n) is 4.87. The van der Waals surface area contributed by atoms with E-state index in [1.807, 2.05) is 37.3 Å². The Morgan fingerprint density at radius 2 is 1.76 bits per heavy atom. The second-order valence-electron chi connectivity index (χ2n) is 7.22. The maximum atomic E-state index is 12.4. The fourth-order valence-electron chi connectivity index (χ4n) is 3.12. The lowest BCUT2D eigenvalue weighted by molar-refractivity contribution is -0.118. The minimum Gasteiger partial charge on any atom is -0.497 e. The molecule has 0 aliphatic heterocycles. The summed E-state index contributed by atoms with van der Waals surface area (Å²) in [6, 6.07) is 20.1. The Hall–Kier alpha value is -4.33. The predicted molar refractivity (Wildman–Crippen MR) is 124 cm³/mol. The van der Waals surface area contributed by atoms with E-state index in [2.05, 4.69) is 15.5 Å². The summed E-state index contributed by atoms with van der Waals surface area (Å²) < 4.78 is 21.5. The molecule has 0 saturated heterocycles. The predicted octanol–water partition coefficient (Wildman–Crippen LogP) is 4.75. The number of carbonyl (C=O) groups excluding carboxylic acids is 1. The van der Waals surface area contributed by atoms with Gasteiger partial charge in [-0.1, -0.05) is 41.1 Å². The van der Waals surface area contributed by atoms with E-state index in [0.29, 0.717) is 40.2 Å². The maximum absolute atomic E-state index is 12.4. The van der Waals surface area contributed by atoms with Crippen LogP contribution in [0, 0.1) is 6.92 Å². The zero-order valence-electron chi connectivity index (χ0n) is 18.5. The summed E-state index contributed by atoms with van der Waals surface area (Å²) >= 11 is 0. The summed E-state index contributed by atoms with van der Waals surface area (Å²) in [4.78, 5) is 16.9. The van der Waals surface area contributed by atoms with E-state index < -0.39 is 0 Å². The Bertz CT molecular complexity index is 1250. The number of nitrogens with zero attached hydrogens (tertiary/aromatic N) is 2. The molecule has 1 heterocycles. The van der Waals surface area contributed by atoms with Crippen molar-refractivity contribution in [3.63, 3.8) is 0 Å². The highest BCUT2D eigenvalue weighted by Gasteiger charge is 2.13. The van der Waals surface area contributed by atoms with Crippen molar-refractivity contribution in [1.82, 2.24) is 10.1 Å². The average molecular weight is 445 g/mol. The van der Waals surface area contributed by atoms with Crippen LogP contribution in [-0.4, -0.2) is 36.9 Å². The molecule has 0 saturated carbocycles. The smallest absolute Gasteiger partial charge is 0.262 e. The number of benzene rings is 3. The third kappa shape index (κ3) is 5.30. The van der Waals surface area contributed by atoms with Crippen molar-refractivity contribution in [2.24, 2.45) is 0 Å². The molecule has 4 aromatic rings. The number of amides is 1. The van der Waals surface area contributed by atoms with Crippen molar-refractivity contribution in [2.75, 3.05) is 26.1 Å². The minimum absolute atomic E-state index is 0.183. The van der Waals surface area contributed by atoms with Crippen molar-refractivity contribution in [1.29, 1.82) is 0 Å². The van der Waals surface area contributed by atoms with Crippen molar-refractivity contribution >= 4 is 11.6 Å². The summed E-state index contributed by atoms with van der Waals surface area (Å²) in [5, 5.41) is 6.83. The largest absolute Gasteiger partial charge is 0.497 e. The second kappa shape index (κ2) is 9.86. The molecule has 0 aliphatic rings. The van der Waals surface area contributed by atoms with Gasteiger partial charge in [0.15, 0.2) is 6.61 Å². The minimum atomic E-state index is -0.330. The van der Waals surface area contributed by atoms with Crippen LogP contribution >= 0.6 is 0 Å². The fraction of sp³-hybridized carbons (Fsp3) is 0.160. The lowest BCUT2D eigenvalue weighted by Gasteiger charge is -2.12. The Balaban J connectivity index is 1.41. The number of rotatable bonds is 8. The first-order valence-corrected chi connectivity index (χ1v) is 10.2. The first-order chi connectivity index (χ1) is 16.1. The van der Waals surface area contributed by atoms with E-state index in [9.17, 15) is 4.79 Å². The molecule has 0 fully saturated rings. The molecule has 8 heteroatoms. The molecule has 1 aromatic heterocycles. The number of aryl methyl sites for hydroxylation is 1. The highest BCUT2D eigenvalue weighted by Crippen LogP contribution is 2.29. The molecule has 8 nitrogen and oxygen atoms in total. The number of nitrogens with one attached hydrogen (secondary N) is 1. The number of methoxy groups -OCH3 is 2. The number of ether oxygens (including phenoxy) is 3. The molecular formula is C25H23N3O5. The lowest BCUT2D eigenvalue weighted by atomic mass is 10.1. The zero-order valence-corrected chi connectivity index (χ0v) is 18.5. The molecule has 4 rings (SSSR count). The van der Waals surface area contributed by atoms with Crippen LogP contribution in [0.15, 0.2) is 71.3 Å². The van der Waals surface area contributed by atoms with Gasteiger partial charge in [0.2, 0.25) is 5.82 Å². The highest BCUT2D eigenvalue weighted by atomic mass is 16.5. The van der Waals surface area contributed by atoms with Crippen LogP contribution in [0.5, 0.6) is 17.2 Å². The molecule has 3 aromatic carbocycles. The van der Waals surface area contributed by atoms with E-state index in [4.69, 9.17) is 18.7 Å². The summed E-state index contributed by atoms with van der Waals surface area (Å²) in [6.07, 6.45) is 0. The van der Waals surface area contributed by atoms with E-state index in [-0.39, 0.29) is 12.5 Å². The maximum Gasteiger partial charge on any atom is 0.262 e. The number of hydrogen-bond donors (Lipinski definition) is 1. The third-order valence-corrected chi connectivity index (χ3v) is 4.87. The first-order valence-electron chi connectivity index (χ1n) is 10.2. The molecular weight excluding hydrogens is 422 g/mol. The van der Waals surface area contributed by atoms with Crippen LogP contribution in [-0.2, 0) is 4.79 Å². The van der Waals surface area contributed by atoms with Crippen LogP contribution in [0.25, 0.3) is 22.8 Å². The number of aromatic nitrogens is 2. The average Bonchev–Trinajstić information content (AvgIpc) is 3.34. The zero-order chi connectivity index (χ0) is 23.2. The molecule has 1 amide bonds. The van der Waals surface area contributed by atoms with Gasteiger partial charge in [-0.05, 0) is 37.3 Å². The van der Waals surface area contributed by atoms with Gasteiger partial charge in [0, 0.05) is 17.2 Å². The Kier molecular flexibility index (Phi) is 6.54. The molecule has 0 spiro atoms. The van der Waals surface area contributed by atoms with Gasteiger partial charge in [-0.3, -0.25) is 4.79 Å². The number of hydrogen-bond acceptors (Lipinski definition) is 7. The van der Waals surface area contributed by atoms with E-state index in [0.717, 1.165) is 11.1 Å². The topological polar surface area (TPSA) is 95.7 Å². The quantitative estimate of drug-likeness (QED) is 0.418.